The molecule has 0 aromatic heterocycles. The summed E-state index contributed by atoms with van der Waals surface area (Å²) in [5.41, 5.74) is 4.17. The fourth-order valence-corrected chi connectivity index (χ4v) is 2.91. The lowest BCUT2D eigenvalue weighted by molar-refractivity contribution is -0.135. The molecule has 1 aliphatic carbocycles. The van der Waals surface area contributed by atoms with Crippen molar-refractivity contribution < 1.29 is 14.0 Å². The summed E-state index contributed by atoms with van der Waals surface area (Å²) in [6, 6.07) is 6.14. The van der Waals surface area contributed by atoms with E-state index in [1.165, 1.54) is 12.1 Å². The number of halogens is 1. The molecule has 1 heterocycles. The van der Waals surface area contributed by atoms with E-state index in [9.17, 15) is 14.0 Å². The maximum Gasteiger partial charge on any atom is 0.259 e. The van der Waals surface area contributed by atoms with Crippen LogP contribution in [-0.2, 0) is 9.59 Å². The van der Waals surface area contributed by atoms with Gasteiger partial charge in [0.15, 0.2) is 0 Å². The molecule has 0 unspecified atom stereocenters. The van der Waals surface area contributed by atoms with Crippen molar-refractivity contribution in [3.8, 4) is 0 Å². The Kier molecular flexibility index (Phi) is 5.23. The van der Waals surface area contributed by atoms with Gasteiger partial charge in [-0.3, -0.25) is 9.59 Å². The molecular formula is C18H22FN3O2. The number of hydrogen-bond acceptors (Lipinski definition) is 3. The lowest BCUT2D eigenvalue weighted by Crippen LogP contribution is -2.39. The highest BCUT2D eigenvalue weighted by Crippen LogP contribution is 2.33. The van der Waals surface area contributed by atoms with E-state index in [4.69, 9.17) is 0 Å². The highest BCUT2D eigenvalue weighted by Gasteiger charge is 2.29. The zero-order valence-electron chi connectivity index (χ0n) is 13.6. The van der Waals surface area contributed by atoms with Gasteiger partial charge in [-0.15, -0.1) is 0 Å². The average Bonchev–Trinajstić information content (AvgIpc) is 3.40. The van der Waals surface area contributed by atoms with Crippen LogP contribution in [0.4, 0.5) is 4.39 Å². The van der Waals surface area contributed by atoms with Crippen LogP contribution >= 0.6 is 0 Å². The number of likely N-dealkylation sites (tertiary alicyclic amines) is 1. The number of hydrazone groups is 1. The molecule has 5 nitrogen and oxygen atoms in total. The number of hydrogen-bond donors (Lipinski definition) is 1. The standard InChI is InChI=1S/C18H22FN3O2/c19-15-9-7-14(8-10-15)18(13-5-6-13)21-20-16(23)12-22-11-3-1-2-4-17(22)24/h7-10,13H,1-6,11-12H2,(H,20,23). The number of carbonyl (C=O) groups excluding carboxylic acids is 2. The van der Waals surface area contributed by atoms with Gasteiger partial charge < -0.3 is 4.90 Å². The molecule has 0 atom stereocenters. The Bertz CT molecular complexity index is 638. The van der Waals surface area contributed by atoms with E-state index >= 15 is 0 Å². The summed E-state index contributed by atoms with van der Waals surface area (Å²) in [6.07, 6.45) is 5.42. The molecule has 3 rings (SSSR count). The largest absolute Gasteiger partial charge is 0.333 e. The predicted molar refractivity (Wildman–Crippen MR) is 88.9 cm³/mol. The second kappa shape index (κ2) is 7.55. The van der Waals surface area contributed by atoms with Gasteiger partial charge >= 0.3 is 0 Å². The minimum atomic E-state index is -0.294. The first kappa shape index (κ1) is 16.6. The van der Waals surface area contributed by atoms with Crippen LogP contribution in [0.2, 0.25) is 0 Å². The normalized spacial score (nSPS) is 19.1. The molecule has 24 heavy (non-hydrogen) atoms. The Hall–Kier alpha value is -2.24. The molecule has 2 amide bonds. The monoisotopic (exact) mass is 331 g/mol. The number of benzene rings is 1. The van der Waals surface area contributed by atoms with E-state index in [0.29, 0.717) is 18.9 Å². The maximum absolute atomic E-state index is 13.1. The SMILES string of the molecule is O=C(CN1CCCCCC1=O)NN=C(c1ccc(F)cc1)C1CC1. The first-order valence-corrected chi connectivity index (χ1v) is 8.53. The van der Waals surface area contributed by atoms with E-state index in [1.807, 2.05) is 0 Å². The average molecular weight is 331 g/mol. The van der Waals surface area contributed by atoms with Gasteiger partial charge in [-0.2, -0.15) is 5.10 Å². The van der Waals surface area contributed by atoms with Crippen LogP contribution in [-0.4, -0.2) is 35.5 Å². The molecule has 1 saturated carbocycles. The Morgan fingerprint density at radius 1 is 1.21 bits per heavy atom. The third-order valence-electron chi connectivity index (χ3n) is 4.41. The molecule has 0 radical (unpaired) electrons. The quantitative estimate of drug-likeness (QED) is 0.665. The van der Waals surface area contributed by atoms with Crippen LogP contribution in [0.15, 0.2) is 29.4 Å². The van der Waals surface area contributed by atoms with Crippen molar-refractivity contribution in [3.63, 3.8) is 0 Å². The third kappa shape index (κ3) is 4.40. The highest BCUT2D eigenvalue weighted by molar-refractivity contribution is 6.04. The van der Waals surface area contributed by atoms with E-state index in [0.717, 1.165) is 43.4 Å². The molecule has 0 bridgehead atoms. The van der Waals surface area contributed by atoms with Crippen molar-refractivity contribution in [1.82, 2.24) is 10.3 Å². The van der Waals surface area contributed by atoms with Crippen LogP contribution in [0.1, 0.15) is 44.1 Å². The van der Waals surface area contributed by atoms with Crippen molar-refractivity contribution in [3.05, 3.63) is 35.6 Å². The van der Waals surface area contributed by atoms with Gasteiger partial charge in [0.05, 0.1) is 5.71 Å². The topological polar surface area (TPSA) is 61.8 Å². The van der Waals surface area contributed by atoms with Crippen LogP contribution in [0, 0.1) is 11.7 Å². The van der Waals surface area contributed by atoms with Crippen molar-refractivity contribution >= 4 is 17.5 Å². The summed E-state index contributed by atoms with van der Waals surface area (Å²) in [4.78, 5) is 25.7. The van der Waals surface area contributed by atoms with Gasteiger partial charge in [0, 0.05) is 18.9 Å². The lowest BCUT2D eigenvalue weighted by atomic mass is 10.1. The first-order chi connectivity index (χ1) is 11.6. The third-order valence-corrected chi connectivity index (χ3v) is 4.41. The number of nitrogens with zero attached hydrogens (tertiary/aromatic N) is 2. The van der Waals surface area contributed by atoms with Crippen LogP contribution in [0.25, 0.3) is 0 Å². The van der Waals surface area contributed by atoms with E-state index in [1.54, 1.807) is 17.0 Å². The zero-order valence-corrected chi connectivity index (χ0v) is 13.6. The Morgan fingerprint density at radius 3 is 2.67 bits per heavy atom. The number of rotatable bonds is 5. The minimum Gasteiger partial charge on any atom is -0.333 e. The molecule has 2 aliphatic rings. The molecule has 6 heteroatoms. The summed E-state index contributed by atoms with van der Waals surface area (Å²) in [5.74, 6) is -0.230. The van der Waals surface area contributed by atoms with Crippen molar-refractivity contribution in [1.29, 1.82) is 0 Å². The number of carbonyl (C=O) groups is 2. The van der Waals surface area contributed by atoms with Crippen LogP contribution in [0.5, 0.6) is 0 Å². The van der Waals surface area contributed by atoms with Crippen molar-refractivity contribution in [2.24, 2.45) is 11.0 Å². The highest BCUT2D eigenvalue weighted by atomic mass is 19.1. The van der Waals surface area contributed by atoms with Gasteiger partial charge in [-0.05, 0) is 43.4 Å². The molecule has 1 saturated heterocycles. The molecule has 2 fully saturated rings. The second-order valence-electron chi connectivity index (χ2n) is 6.44. The van der Waals surface area contributed by atoms with Gasteiger partial charge in [0.1, 0.15) is 12.4 Å². The minimum absolute atomic E-state index is 0.0348. The molecule has 1 aliphatic heterocycles. The fraction of sp³-hybridized carbons (Fsp3) is 0.500. The Balaban J connectivity index is 1.62. The Morgan fingerprint density at radius 2 is 1.96 bits per heavy atom. The number of amides is 2. The molecule has 0 spiro atoms. The summed E-state index contributed by atoms with van der Waals surface area (Å²) < 4.78 is 13.1. The van der Waals surface area contributed by atoms with Crippen LogP contribution < -0.4 is 5.43 Å². The smallest absolute Gasteiger partial charge is 0.259 e. The number of nitrogens with one attached hydrogen (secondary N) is 1. The Labute approximate surface area is 140 Å². The molecular weight excluding hydrogens is 309 g/mol. The molecule has 128 valence electrons. The summed E-state index contributed by atoms with van der Waals surface area (Å²) in [7, 11) is 0. The predicted octanol–water partition coefficient (Wildman–Crippen LogP) is 2.46. The van der Waals surface area contributed by atoms with Crippen molar-refractivity contribution in [2.45, 2.75) is 38.5 Å². The molecule has 1 N–H and O–H groups in total. The fourth-order valence-electron chi connectivity index (χ4n) is 2.91. The molecule has 1 aromatic rings. The van der Waals surface area contributed by atoms with Gasteiger partial charge in [-0.25, -0.2) is 9.82 Å². The van der Waals surface area contributed by atoms with Gasteiger partial charge in [0.25, 0.3) is 5.91 Å². The van der Waals surface area contributed by atoms with E-state index in [2.05, 4.69) is 10.5 Å². The van der Waals surface area contributed by atoms with E-state index in [-0.39, 0.29) is 24.2 Å². The van der Waals surface area contributed by atoms with Crippen LogP contribution in [0.3, 0.4) is 0 Å². The zero-order chi connectivity index (χ0) is 16.9. The lowest BCUT2D eigenvalue weighted by Gasteiger charge is -2.19. The molecule has 1 aromatic carbocycles. The van der Waals surface area contributed by atoms with Crippen molar-refractivity contribution in [2.75, 3.05) is 13.1 Å². The van der Waals surface area contributed by atoms with Gasteiger partial charge in [0.2, 0.25) is 5.91 Å². The van der Waals surface area contributed by atoms with Gasteiger partial charge in [-0.1, -0.05) is 18.6 Å². The second-order valence-corrected chi connectivity index (χ2v) is 6.44. The summed E-state index contributed by atoms with van der Waals surface area (Å²) >= 11 is 0. The summed E-state index contributed by atoms with van der Waals surface area (Å²) in [6.45, 7) is 0.674. The summed E-state index contributed by atoms with van der Waals surface area (Å²) in [5, 5.41) is 4.26. The maximum atomic E-state index is 13.1. The first-order valence-electron chi connectivity index (χ1n) is 8.53. The van der Waals surface area contributed by atoms with E-state index < -0.39 is 0 Å².